The quantitative estimate of drug-likeness (QED) is 0.894. The Hall–Kier alpha value is -1.59. The number of benzene rings is 1. The molecular weight excluding hydrogens is 270 g/mol. The van der Waals surface area contributed by atoms with Gasteiger partial charge in [0.2, 0.25) is 0 Å². The summed E-state index contributed by atoms with van der Waals surface area (Å²) in [5.74, 6) is -1.36. The number of hydrogen-bond acceptors (Lipinski definition) is 3. The van der Waals surface area contributed by atoms with Crippen LogP contribution in [0.4, 0.5) is 5.69 Å². The zero-order valence-corrected chi connectivity index (χ0v) is 10.9. The molecule has 0 spiro atoms. The summed E-state index contributed by atoms with van der Waals surface area (Å²) in [6, 6.07) is 4.21. The van der Waals surface area contributed by atoms with E-state index in [4.69, 9.17) is 21.4 Å². The number of nitrogens with one attached hydrogen (secondary N) is 1. The molecule has 1 aliphatic rings. The van der Waals surface area contributed by atoms with Crippen molar-refractivity contribution in [2.24, 2.45) is 0 Å². The Morgan fingerprint density at radius 2 is 2.11 bits per heavy atom. The Balaban J connectivity index is 2.09. The summed E-state index contributed by atoms with van der Waals surface area (Å²) >= 11 is 5.82. The summed E-state index contributed by atoms with van der Waals surface area (Å²) in [5.41, 5.74) is 0.399. The molecule has 0 aliphatic carbocycles. The van der Waals surface area contributed by atoms with E-state index in [2.05, 4.69) is 5.32 Å². The molecule has 1 saturated heterocycles. The number of anilines is 1. The van der Waals surface area contributed by atoms with Crippen LogP contribution in [0.3, 0.4) is 0 Å². The summed E-state index contributed by atoms with van der Waals surface area (Å²) < 4.78 is 5.36. The number of rotatable bonds is 3. The molecule has 1 amide bonds. The van der Waals surface area contributed by atoms with Crippen LogP contribution >= 0.6 is 11.6 Å². The van der Waals surface area contributed by atoms with Crippen LogP contribution in [0.1, 0.15) is 29.6 Å². The molecule has 1 atom stereocenters. The molecule has 1 unspecified atom stereocenters. The molecule has 1 aromatic rings. The van der Waals surface area contributed by atoms with E-state index in [0.29, 0.717) is 18.7 Å². The van der Waals surface area contributed by atoms with E-state index in [0.717, 1.165) is 12.8 Å². The molecule has 1 fully saturated rings. The van der Waals surface area contributed by atoms with Crippen LogP contribution < -0.4 is 5.32 Å². The molecule has 1 heterocycles. The van der Waals surface area contributed by atoms with Crippen molar-refractivity contribution in [1.29, 1.82) is 0 Å². The minimum atomic E-state index is -1.09. The van der Waals surface area contributed by atoms with Gasteiger partial charge in [-0.2, -0.15) is 0 Å². The predicted molar refractivity (Wildman–Crippen MR) is 70.6 cm³/mol. The minimum Gasteiger partial charge on any atom is -0.478 e. The second-order valence-corrected chi connectivity index (χ2v) is 4.81. The van der Waals surface area contributed by atoms with E-state index in [1.807, 2.05) is 0 Å². The highest BCUT2D eigenvalue weighted by Gasteiger charge is 2.22. The van der Waals surface area contributed by atoms with E-state index < -0.39 is 12.1 Å². The number of carbonyl (C=O) groups is 2. The van der Waals surface area contributed by atoms with Gasteiger partial charge in [-0.1, -0.05) is 11.6 Å². The number of hydrogen-bond donors (Lipinski definition) is 2. The van der Waals surface area contributed by atoms with Crippen LogP contribution in [0.2, 0.25) is 5.02 Å². The van der Waals surface area contributed by atoms with E-state index >= 15 is 0 Å². The van der Waals surface area contributed by atoms with Crippen molar-refractivity contribution in [2.45, 2.75) is 25.4 Å². The summed E-state index contributed by atoms with van der Waals surface area (Å²) in [4.78, 5) is 22.8. The number of amides is 1. The number of carboxylic acids is 1. The Morgan fingerprint density at radius 1 is 1.32 bits per heavy atom. The Morgan fingerprint density at radius 3 is 2.74 bits per heavy atom. The standard InChI is InChI=1S/C13H14ClNO4/c14-9-5-8(13(17)18)6-10(7-9)15-12(16)11-3-1-2-4-19-11/h5-7,11H,1-4H2,(H,15,16)(H,17,18). The first-order valence-electron chi connectivity index (χ1n) is 6.02. The van der Waals surface area contributed by atoms with Gasteiger partial charge in [0.15, 0.2) is 0 Å². The molecule has 0 bridgehead atoms. The van der Waals surface area contributed by atoms with Crippen LogP contribution in [-0.2, 0) is 9.53 Å². The molecule has 5 nitrogen and oxygen atoms in total. The van der Waals surface area contributed by atoms with Gasteiger partial charge in [0, 0.05) is 17.3 Å². The van der Waals surface area contributed by atoms with Crippen molar-refractivity contribution >= 4 is 29.2 Å². The Kier molecular flexibility index (Phi) is 4.39. The maximum Gasteiger partial charge on any atom is 0.335 e. The fourth-order valence-corrected chi connectivity index (χ4v) is 2.19. The monoisotopic (exact) mass is 283 g/mol. The second-order valence-electron chi connectivity index (χ2n) is 4.38. The first kappa shape index (κ1) is 13.8. The van der Waals surface area contributed by atoms with Gasteiger partial charge in [0.25, 0.3) is 5.91 Å². The van der Waals surface area contributed by atoms with Crippen molar-refractivity contribution in [3.8, 4) is 0 Å². The predicted octanol–water partition coefficient (Wildman–Crippen LogP) is 2.55. The van der Waals surface area contributed by atoms with Gasteiger partial charge in [0.1, 0.15) is 6.10 Å². The third-order valence-corrected chi connectivity index (χ3v) is 3.10. The third-order valence-electron chi connectivity index (χ3n) is 2.88. The minimum absolute atomic E-state index is 0.0346. The zero-order valence-electron chi connectivity index (χ0n) is 10.2. The van der Waals surface area contributed by atoms with Crippen molar-refractivity contribution in [3.63, 3.8) is 0 Å². The van der Waals surface area contributed by atoms with Crippen LogP contribution in [0.15, 0.2) is 18.2 Å². The van der Waals surface area contributed by atoms with Gasteiger partial charge in [-0.15, -0.1) is 0 Å². The number of carbonyl (C=O) groups excluding carboxylic acids is 1. The molecular formula is C13H14ClNO4. The first-order valence-corrected chi connectivity index (χ1v) is 6.40. The van der Waals surface area contributed by atoms with Gasteiger partial charge in [0.05, 0.1) is 5.56 Å². The highest BCUT2D eigenvalue weighted by atomic mass is 35.5. The summed E-state index contributed by atoms with van der Waals surface area (Å²) in [6.07, 6.45) is 2.12. The molecule has 0 radical (unpaired) electrons. The van der Waals surface area contributed by atoms with Crippen LogP contribution in [0.5, 0.6) is 0 Å². The average Bonchev–Trinajstić information content (AvgIpc) is 2.39. The van der Waals surface area contributed by atoms with Crippen molar-refractivity contribution in [1.82, 2.24) is 0 Å². The van der Waals surface area contributed by atoms with Gasteiger partial charge in [-0.3, -0.25) is 4.79 Å². The van der Waals surface area contributed by atoms with Crippen molar-refractivity contribution < 1.29 is 19.4 Å². The highest BCUT2D eigenvalue weighted by Crippen LogP contribution is 2.21. The lowest BCUT2D eigenvalue weighted by Gasteiger charge is -2.21. The van der Waals surface area contributed by atoms with E-state index in [-0.39, 0.29) is 16.5 Å². The Labute approximate surface area is 115 Å². The molecule has 2 rings (SSSR count). The maximum absolute atomic E-state index is 11.9. The third kappa shape index (κ3) is 3.68. The fraction of sp³-hybridized carbons (Fsp3) is 0.385. The lowest BCUT2D eigenvalue weighted by atomic mass is 10.1. The normalized spacial score (nSPS) is 18.9. The van der Waals surface area contributed by atoms with E-state index in [1.165, 1.54) is 18.2 Å². The van der Waals surface area contributed by atoms with Gasteiger partial charge >= 0.3 is 5.97 Å². The average molecular weight is 284 g/mol. The molecule has 1 aromatic carbocycles. The fourth-order valence-electron chi connectivity index (χ4n) is 1.96. The smallest absolute Gasteiger partial charge is 0.335 e. The molecule has 0 saturated carbocycles. The lowest BCUT2D eigenvalue weighted by Crippen LogP contribution is -2.33. The topological polar surface area (TPSA) is 75.6 Å². The molecule has 2 N–H and O–H groups in total. The maximum atomic E-state index is 11.9. The second kappa shape index (κ2) is 6.04. The molecule has 19 heavy (non-hydrogen) atoms. The van der Waals surface area contributed by atoms with Gasteiger partial charge in [-0.25, -0.2) is 4.79 Å². The molecule has 1 aliphatic heterocycles. The first-order chi connectivity index (χ1) is 9.06. The molecule has 0 aromatic heterocycles. The van der Waals surface area contributed by atoms with Crippen molar-refractivity contribution in [3.05, 3.63) is 28.8 Å². The largest absolute Gasteiger partial charge is 0.478 e. The summed E-state index contributed by atoms with van der Waals surface area (Å²) in [7, 11) is 0. The van der Waals surface area contributed by atoms with Crippen molar-refractivity contribution in [2.75, 3.05) is 11.9 Å². The summed E-state index contributed by atoms with van der Waals surface area (Å²) in [5, 5.41) is 11.8. The number of ether oxygens (including phenoxy) is 1. The number of halogens is 1. The van der Waals surface area contributed by atoms with Crippen LogP contribution in [0.25, 0.3) is 0 Å². The van der Waals surface area contributed by atoms with Crippen LogP contribution in [-0.4, -0.2) is 29.7 Å². The molecule has 6 heteroatoms. The zero-order chi connectivity index (χ0) is 13.8. The molecule has 102 valence electrons. The highest BCUT2D eigenvalue weighted by molar-refractivity contribution is 6.31. The number of carboxylic acid groups (broad SMARTS) is 1. The van der Waals surface area contributed by atoms with Crippen LogP contribution in [0, 0.1) is 0 Å². The Bertz CT molecular complexity index is 497. The van der Waals surface area contributed by atoms with E-state index in [9.17, 15) is 9.59 Å². The lowest BCUT2D eigenvalue weighted by molar-refractivity contribution is -0.129. The SMILES string of the molecule is O=C(O)c1cc(Cl)cc(NC(=O)C2CCCCO2)c1. The van der Waals surface area contributed by atoms with Gasteiger partial charge < -0.3 is 15.2 Å². The number of aromatic carboxylic acids is 1. The van der Waals surface area contributed by atoms with E-state index in [1.54, 1.807) is 0 Å². The van der Waals surface area contributed by atoms with Gasteiger partial charge in [-0.05, 0) is 37.5 Å². The summed E-state index contributed by atoms with van der Waals surface area (Å²) in [6.45, 7) is 0.577.